The maximum atomic E-state index is 13.8. The largest absolute Gasteiger partial charge is 0.328 e. The molecular formula is C13H17F2N. The molecule has 1 aromatic carbocycles. The molecule has 1 nitrogen and oxygen atoms in total. The van der Waals surface area contributed by atoms with Crippen LogP contribution in [-0.2, 0) is 0 Å². The van der Waals surface area contributed by atoms with Crippen LogP contribution in [0.5, 0.6) is 0 Å². The van der Waals surface area contributed by atoms with Crippen LogP contribution in [0.1, 0.15) is 42.7 Å². The van der Waals surface area contributed by atoms with Gasteiger partial charge in [0.05, 0.1) is 0 Å². The van der Waals surface area contributed by atoms with E-state index in [2.05, 4.69) is 0 Å². The summed E-state index contributed by atoms with van der Waals surface area (Å²) in [6, 6.07) is 3.48. The maximum absolute atomic E-state index is 13.8. The minimum Gasteiger partial charge on any atom is -0.328 e. The van der Waals surface area contributed by atoms with Gasteiger partial charge in [-0.05, 0) is 43.2 Å². The molecular weight excluding hydrogens is 208 g/mol. The summed E-state index contributed by atoms with van der Waals surface area (Å²) in [5.74, 6) is -1.31. The molecule has 0 amide bonds. The van der Waals surface area contributed by atoms with Gasteiger partial charge in [-0.15, -0.1) is 0 Å². The Morgan fingerprint density at radius 2 is 1.94 bits per heavy atom. The first-order valence-corrected chi connectivity index (χ1v) is 5.79. The standard InChI is InChI=1S/C13H17F2N/c1-8-5-6-11(13(15)12(8)14)9-3-2-4-10(16)7-9/h5-6,9-10H,2-4,7,16H2,1H3. The summed E-state index contributed by atoms with van der Waals surface area (Å²) >= 11 is 0. The van der Waals surface area contributed by atoms with E-state index < -0.39 is 11.6 Å². The van der Waals surface area contributed by atoms with Crippen LogP contribution in [0, 0.1) is 18.6 Å². The molecule has 1 aliphatic rings. The quantitative estimate of drug-likeness (QED) is 0.780. The maximum Gasteiger partial charge on any atom is 0.162 e. The van der Waals surface area contributed by atoms with Gasteiger partial charge >= 0.3 is 0 Å². The molecule has 2 atom stereocenters. The minimum absolute atomic E-state index is 0.0823. The summed E-state index contributed by atoms with van der Waals surface area (Å²) < 4.78 is 27.2. The van der Waals surface area contributed by atoms with Crippen LogP contribution in [0.25, 0.3) is 0 Å². The highest BCUT2D eigenvalue weighted by Crippen LogP contribution is 2.34. The monoisotopic (exact) mass is 225 g/mol. The molecule has 0 radical (unpaired) electrons. The Morgan fingerprint density at radius 1 is 1.19 bits per heavy atom. The summed E-state index contributed by atoms with van der Waals surface area (Å²) in [5, 5.41) is 0. The summed E-state index contributed by atoms with van der Waals surface area (Å²) in [6.07, 6.45) is 3.67. The number of halogens is 2. The van der Waals surface area contributed by atoms with Crippen molar-refractivity contribution in [1.82, 2.24) is 0 Å². The van der Waals surface area contributed by atoms with E-state index in [1.54, 1.807) is 19.1 Å². The molecule has 0 heterocycles. The Morgan fingerprint density at radius 3 is 2.62 bits per heavy atom. The van der Waals surface area contributed by atoms with Crippen LogP contribution in [-0.4, -0.2) is 6.04 Å². The van der Waals surface area contributed by atoms with Crippen molar-refractivity contribution in [1.29, 1.82) is 0 Å². The fourth-order valence-corrected chi connectivity index (χ4v) is 2.49. The van der Waals surface area contributed by atoms with Gasteiger partial charge in [-0.2, -0.15) is 0 Å². The lowest BCUT2D eigenvalue weighted by molar-refractivity contribution is 0.378. The third kappa shape index (κ3) is 2.09. The molecule has 88 valence electrons. The van der Waals surface area contributed by atoms with Crippen LogP contribution in [0.3, 0.4) is 0 Å². The molecule has 0 spiro atoms. The minimum atomic E-state index is -0.711. The van der Waals surface area contributed by atoms with E-state index in [4.69, 9.17) is 5.73 Å². The summed E-state index contributed by atoms with van der Waals surface area (Å²) in [4.78, 5) is 0. The first-order valence-electron chi connectivity index (χ1n) is 5.79. The average Bonchev–Trinajstić information content (AvgIpc) is 2.26. The van der Waals surface area contributed by atoms with Crippen molar-refractivity contribution >= 4 is 0 Å². The molecule has 16 heavy (non-hydrogen) atoms. The highest BCUT2D eigenvalue weighted by Gasteiger charge is 2.24. The molecule has 2 unspecified atom stereocenters. The fourth-order valence-electron chi connectivity index (χ4n) is 2.49. The second kappa shape index (κ2) is 4.50. The van der Waals surface area contributed by atoms with Crippen LogP contribution in [0.4, 0.5) is 8.78 Å². The molecule has 1 aliphatic carbocycles. The predicted octanol–water partition coefficient (Wildman–Crippen LogP) is 3.26. The van der Waals surface area contributed by atoms with E-state index in [1.807, 2.05) is 0 Å². The number of hydrogen-bond acceptors (Lipinski definition) is 1. The lowest BCUT2D eigenvalue weighted by Crippen LogP contribution is -2.27. The normalized spacial score (nSPS) is 25.8. The van der Waals surface area contributed by atoms with Crippen LogP contribution in [0.15, 0.2) is 12.1 Å². The van der Waals surface area contributed by atoms with Crippen molar-refractivity contribution < 1.29 is 8.78 Å². The van der Waals surface area contributed by atoms with Crippen molar-refractivity contribution in [2.45, 2.75) is 44.6 Å². The lowest BCUT2D eigenvalue weighted by atomic mass is 9.81. The van der Waals surface area contributed by atoms with Crippen LogP contribution in [0.2, 0.25) is 0 Å². The zero-order valence-corrected chi connectivity index (χ0v) is 9.47. The van der Waals surface area contributed by atoms with E-state index in [1.165, 1.54) is 0 Å². The van der Waals surface area contributed by atoms with Crippen molar-refractivity contribution in [2.24, 2.45) is 5.73 Å². The van der Waals surface area contributed by atoms with E-state index >= 15 is 0 Å². The van der Waals surface area contributed by atoms with Crippen LogP contribution >= 0.6 is 0 Å². The van der Waals surface area contributed by atoms with Crippen molar-refractivity contribution in [3.63, 3.8) is 0 Å². The van der Waals surface area contributed by atoms with Gasteiger partial charge in [0, 0.05) is 6.04 Å². The van der Waals surface area contributed by atoms with Crippen molar-refractivity contribution in [2.75, 3.05) is 0 Å². The molecule has 1 aromatic rings. The van der Waals surface area contributed by atoms with Gasteiger partial charge in [0.1, 0.15) is 0 Å². The lowest BCUT2D eigenvalue weighted by Gasteiger charge is -2.27. The summed E-state index contributed by atoms with van der Waals surface area (Å²) in [7, 11) is 0. The smallest absolute Gasteiger partial charge is 0.162 e. The Bertz CT molecular complexity index is 390. The Balaban J connectivity index is 2.29. The van der Waals surface area contributed by atoms with Gasteiger partial charge in [0.2, 0.25) is 0 Å². The van der Waals surface area contributed by atoms with E-state index in [0.717, 1.165) is 25.7 Å². The molecule has 1 fully saturated rings. The highest BCUT2D eigenvalue weighted by atomic mass is 19.2. The average molecular weight is 225 g/mol. The molecule has 0 aliphatic heterocycles. The van der Waals surface area contributed by atoms with Gasteiger partial charge in [-0.3, -0.25) is 0 Å². The van der Waals surface area contributed by atoms with Crippen molar-refractivity contribution in [3.05, 3.63) is 34.9 Å². The van der Waals surface area contributed by atoms with E-state index in [0.29, 0.717) is 11.1 Å². The number of nitrogens with two attached hydrogens (primary N) is 1. The number of aryl methyl sites for hydroxylation is 1. The molecule has 0 saturated heterocycles. The third-order valence-electron chi connectivity index (χ3n) is 3.46. The first-order chi connectivity index (χ1) is 7.59. The van der Waals surface area contributed by atoms with E-state index in [-0.39, 0.29) is 12.0 Å². The highest BCUT2D eigenvalue weighted by molar-refractivity contribution is 5.28. The summed E-state index contributed by atoms with van der Waals surface area (Å²) in [6.45, 7) is 1.58. The predicted molar refractivity (Wildman–Crippen MR) is 60.3 cm³/mol. The van der Waals surface area contributed by atoms with Gasteiger partial charge in [0.15, 0.2) is 11.6 Å². The second-order valence-corrected chi connectivity index (χ2v) is 4.72. The Labute approximate surface area is 94.7 Å². The molecule has 2 rings (SSSR count). The van der Waals surface area contributed by atoms with Gasteiger partial charge in [0.25, 0.3) is 0 Å². The third-order valence-corrected chi connectivity index (χ3v) is 3.46. The molecule has 3 heteroatoms. The number of benzene rings is 1. The SMILES string of the molecule is Cc1ccc(C2CCCC(N)C2)c(F)c1F. The zero-order valence-electron chi connectivity index (χ0n) is 9.47. The molecule has 0 bridgehead atoms. The Kier molecular flexibility index (Phi) is 3.24. The zero-order chi connectivity index (χ0) is 11.7. The van der Waals surface area contributed by atoms with Gasteiger partial charge < -0.3 is 5.73 Å². The van der Waals surface area contributed by atoms with Crippen LogP contribution < -0.4 is 5.73 Å². The Hall–Kier alpha value is -0.960. The molecule has 2 N–H and O–H groups in total. The van der Waals surface area contributed by atoms with E-state index in [9.17, 15) is 8.78 Å². The summed E-state index contributed by atoms with van der Waals surface area (Å²) in [5.41, 5.74) is 6.73. The second-order valence-electron chi connectivity index (χ2n) is 4.72. The topological polar surface area (TPSA) is 26.0 Å². The molecule has 1 saturated carbocycles. The first kappa shape index (κ1) is 11.5. The molecule has 0 aromatic heterocycles. The number of hydrogen-bond donors (Lipinski definition) is 1. The van der Waals surface area contributed by atoms with Gasteiger partial charge in [-0.25, -0.2) is 8.78 Å². The van der Waals surface area contributed by atoms with Gasteiger partial charge in [-0.1, -0.05) is 18.6 Å². The fraction of sp³-hybridized carbons (Fsp3) is 0.538. The van der Waals surface area contributed by atoms with Crippen molar-refractivity contribution in [3.8, 4) is 0 Å². The number of rotatable bonds is 1.